The molecule has 2 amide bonds. The zero-order chi connectivity index (χ0) is 43.9. The maximum absolute atomic E-state index is 14.8. The van der Waals surface area contributed by atoms with Crippen LogP contribution in [0.4, 0.5) is 21.6 Å². The van der Waals surface area contributed by atoms with E-state index in [1.54, 1.807) is 56.0 Å². The van der Waals surface area contributed by atoms with Crippen molar-refractivity contribution in [1.82, 2.24) is 49.0 Å². The first-order valence-corrected chi connectivity index (χ1v) is 21.2. The summed E-state index contributed by atoms with van der Waals surface area (Å²) in [7, 11) is -0.287. The number of aromatic nitrogens is 9. The number of benzene rings is 2. The number of rotatable bonds is 13. The number of aryl methyl sites for hydroxylation is 3. The number of pyridine rings is 1. The molecule has 1 saturated heterocycles. The number of amides is 2. The highest BCUT2D eigenvalue weighted by molar-refractivity contribution is 7.73. The highest BCUT2D eigenvalue weighted by Gasteiger charge is 2.29. The maximum Gasteiger partial charge on any atom is 0.316 e. The fraction of sp³-hybridized carbons (Fsp3) is 0.262. The molecule has 0 spiro atoms. The largest absolute Gasteiger partial charge is 0.487 e. The Morgan fingerprint density at radius 2 is 1.70 bits per heavy atom. The van der Waals surface area contributed by atoms with Crippen LogP contribution < -0.4 is 30.7 Å². The predicted octanol–water partition coefficient (Wildman–Crippen LogP) is 5.33. The van der Waals surface area contributed by atoms with E-state index in [9.17, 15) is 18.2 Å². The van der Waals surface area contributed by atoms with Gasteiger partial charge in [-0.2, -0.15) is 15.6 Å². The van der Waals surface area contributed by atoms with Crippen LogP contribution in [0.25, 0.3) is 33.2 Å². The van der Waals surface area contributed by atoms with Crippen LogP contribution in [-0.4, -0.2) is 93.6 Å². The molecule has 8 aromatic rings. The van der Waals surface area contributed by atoms with Crippen molar-refractivity contribution < 1.29 is 27.7 Å². The molecule has 322 valence electrons. The summed E-state index contributed by atoms with van der Waals surface area (Å²) in [6.45, 7) is 6.39. The van der Waals surface area contributed by atoms with Gasteiger partial charge in [-0.15, -0.1) is 0 Å². The van der Waals surface area contributed by atoms with Crippen molar-refractivity contribution in [2.24, 2.45) is 0 Å². The van der Waals surface area contributed by atoms with Crippen molar-refractivity contribution in [2.75, 3.05) is 41.9 Å². The zero-order valence-corrected chi connectivity index (χ0v) is 35.2. The van der Waals surface area contributed by atoms with Gasteiger partial charge in [-0.05, 0) is 51.6 Å². The predicted molar refractivity (Wildman–Crippen MR) is 233 cm³/mol. The van der Waals surface area contributed by atoms with Crippen LogP contribution in [0.5, 0.6) is 11.8 Å². The molecule has 1 aliphatic heterocycles. The summed E-state index contributed by atoms with van der Waals surface area (Å²) in [6, 6.07) is 7.97. The van der Waals surface area contributed by atoms with Crippen LogP contribution in [0.3, 0.4) is 0 Å². The van der Waals surface area contributed by atoms with E-state index in [-0.39, 0.29) is 52.9 Å². The van der Waals surface area contributed by atoms with Crippen LogP contribution in [-0.2, 0) is 21.2 Å². The SMILES string of the molecule is COc1ncc2c(NCC[S-](=N)=O)ccc(C(=O)Nc3cn4c(C[C@@H]5C[C@H](Oc6ccc(C(=O)Nc7cc(F)c8nc(C)cn8c7)c7nccnc67)CN5)c(C)nc(C)c4n3)c2n1. The number of carbonyl (C=O) groups is 2. The molecule has 0 bridgehead atoms. The van der Waals surface area contributed by atoms with Crippen molar-refractivity contribution in [3.8, 4) is 11.8 Å². The fourth-order valence-corrected chi connectivity index (χ4v) is 8.17. The second-order valence-electron chi connectivity index (χ2n) is 15.1. The van der Waals surface area contributed by atoms with Crippen LogP contribution in [0.1, 0.15) is 49.9 Å². The van der Waals surface area contributed by atoms with E-state index >= 15 is 0 Å². The fourth-order valence-electron chi connectivity index (χ4n) is 7.89. The number of imidazole rings is 2. The lowest BCUT2D eigenvalue weighted by atomic mass is 10.1. The maximum atomic E-state index is 14.8. The minimum atomic E-state index is -1.72. The Hall–Kier alpha value is -7.39. The van der Waals surface area contributed by atoms with Crippen molar-refractivity contribution in [2.45, 2.75) is 45.8 Å². The van der Waals surface area contributed by atoms with Crippen LogP contribution in [0.15, 0.2) is 67.5 Å². The molecule has 9 rings (SSSR count). The van der Waals surface area contributed by atoms with E-state index in [4.69, 9.17) is 24.2 Å². The Kier molecular flexibility index (Phi) is 10.9. The molecule has 0 aliphatic carbocycles. The molecule has 0 unspecified atom stereocenters. The minimum absolute atomic E-state index is 0.00414. The molecular weight excluding hydrogens is 832 g/mol. The minimum Gasteiger partial charge on any atom is -0.487 e. The monoisotopic (exact) mass is 871 g/mol. The molecule has 19 nitrogen and oxygen atoms in total. The summed E-state index contributed by atoms with van der Waals surface area (Å²) < 4.78 is 48.6. The van der Waals surface area contributed by atoms with Gasteiger partial charge in [0.05, 0.1) is 52.7 Å². The third-order valence-electron chi connectivity index (χ3n) is 10.7. The molecular formula is C42H40FN14O5S-. The van der Waals surface area contributed by atoms with E-state index < -0.39 is 28.2 Å². The number of nitrogens with zero attached hydrogens (tertiary/aromatic N) is 9. The van der Waals surface area contributed by atoms with Crippen molar-refractivity contribution in [1.29, 1.82) is 4.78 Å². The number of ether oxygens (including phenoxy) is 2. The second kappa shape index (κ2) is 16.8. The van der Waals surface area contributed by atoms with E-state index in [1.807, 2.05) is 18.2 Å². The van der Waals surface area contributed by atoms with Gasteiger partial charge in [0.15, 0.2) is 22.9 Å². The Labute approximate surface area is 359 Å². The quantitative estimate of drug-likeness (QED) is 0.0921. The summed E-state index contributed by atoms with van der Waals surface area (Å²) in [5, 5.41) is 13.0. The van der Waals surface area contributed by atoms with Gasteiger partial charge < -0.3 is 44.1 Å². The molecule has 21 heteroatoms. The molecule has 0 radical (unpaired) electrons. The van der Waals surface area contributed by atoms with Gasteiger partial charge in [0.25, 0.3) is 11.8 Å². The summed E-state index contributed by atoms with van der Waals surface area (Å²) in [6.07, 6.45) is 10.6. The summed E-state index contributed by atoms with van der Waals surface area (Å²) in [4.78, 5) is 58.7. The number of hydrogen-bond acceptors (Lipinski definition) is 16. The van der Waals surface area contributed by atoms with Crippen LogP contribution >= 0.6 is 0 Å². The van der Waals surface area contributed by atoms with Crippen molar-refractivity contribution in [3.63, 3.8) is 0 Å². The van der Waals surface area contributed by atoms with E-state index in [0.717, 1.165) is 11.4 Å². The Morgan fingerprint density at radius 1 is 0.921 bits per heavy atom. The Balaban J connectivity index is 0.905. The number of nitrogens with one attached hydrogen (secondary N) is 5. The molecule has 1 fully saturated rings. The third kappa shape index (κ3) is 8.22. The number of carbonyl (C=O) groups excluding carboxylic acids is 2. The highest BCUT2D eigenvalue weighted by atomic mass is 32.2. The van der Waals surface area contributed by atoms with Gasteiger partial charge in [-0.3, -0.25) is 24.0 Å². The van der Waals surface area contributed by atoms with Gasteiger partial charge in [-0.25, -0.2) is 24.3 Å². The van der Waals surface area contributed by atoms with Crippen LogP contribution in [0, 0.1) is 31.4 Å². The number of fused-ring (bicyclic) bond motifs is 4. The number of hydrogen-bond donors (Lipinski definition) is 5. The summed E-state index contributed by atoms with van der Waals surface area (Å²) >= 11 is 0. The zero-order valence-electron chi connectivity index (χ0n) is 34.4. The number of methoxy groups -OCH3 is 1. The van der Waals surface area contributed by atoms with E-state index in [1.165, 1.54) is 30.0 Å². The number of anilines is 3. The highest BCUT2D eigenvalue weighted by Crippen LogP contribution is 2.31. The lowest BCUT2D eigenvalue weighted by Crippen LogP contribution is -2.25. The lowest BCUT2D eigenvalue weighted by Gasteiger charge is -2.17. The van der Waals surface area contributed by atoms with Gasteiger partial charge in [0.2, 0.25) is 0 Å². The molecule has 5 N–H and O–H groups in total. The summed E-state index contributed by atoms with van der Waals surface area (Å²) in [5.74, 6) is -0.580. The smallest absolute Gasteiger partial charge is 0.316 e. The molecule has 7 heterocycles. The first-order valence-electron chi connectivity index (χ1n) is 19.9. The standard InChI is InChI=1S/C42H40FN14O5S/c1-21-18-56-19-25(14-30(43)39(56)50-21)52-40(58)28-6-8-33(37-36(28)46-9-10-47-37)62-26-13-24(48-16-26)15-32-22(2)51-23(3)38-53-34(20-57(32)38)54-41(59)27-5-7-31(45-11-12-63(44)60)29-17-49-42(61-4)55-35(27)29/h5-10,14,17-20,24,26,44-45,48H,11-13,15-16H2,1-4H3,(H,52,58)(H,54,59)/q-1/t24-,26-/m0/s1. The Morgan fingerprint density at radius 3 is 2.51 bits per heavy atom. The lowest BCUT2D eigenvalue weighted by molar-refractivity contribution is 0.101. The first-order chi connectivity index (χ1) is 30.4. The average molecular weight is 872 g/mol. The third-order valence-corrected chi connectivity index (χ3v) is 11.3. The normalized spacial score (nSPS) is 15.1. The van der Waals surface area contributed by atoms with E-state index in [2.05, 4.69) is 46.2 Å². The topological polar surface area (TPSA) is 241 Å². The average Bonchev–Trinajstić information content (AvgIpc) is 4.00. The van der Waals surface area contributed by atoms with Crippen molar-refractivity contribution in [3.05, 3.63) is 107 Å². The molecule has 63 heavy (non-hydrogen) atoms. The van der Waals surface area contributed by atoms with Gasteiger partial charge in [-0.1, -0.05) is 5.75 Å². The molecule has 0 saturated carbocycles. The Bertz CT molecular complexity index is 3200. The molecule has 2 aromatic carbocycles. The van der Waals surface area contributed by atoms with E-state index in [0.29, 0.717) is 75.6 Å². The number of halogens is 1. The van der Waals surface area contributed by atoms with Gasteiger partial charge >= 0.3 is 6.01 Å². The van der Waals surface area contributed by atoms with Gasteiger partial charge in [0, 0.05) is 79.2 Å². The van der Waals surface area contributed by atoms with Crippen molar-refractivity contribution >= 4 is 72.8 Å². The molecule has 1 aliphatic rings. The first kappa shape index (κ1) is 41.0. The summed E-state index contributed by atoms with van der Waals surface area (Å²) in [5.41, 5.74) is 6.31. The van der Waals surface area contributed by atoms with Crippen LogP contribution in [0.2, 0.25) is 0 Å². The van der Waals surface area contributed by atoms with Gasteiger partial charge in [0.1, 0.15) is 22.9 Å². The molecule has 2 atom stereocenters. The molecule has 6 aromatic heterocycles. The second-order valence-corrected chi connectivity index (χ2v) is 16.2.